The number of fused-ring (bicyclic) bond motifs is 18. The van der Waals surface area contributed by atoms with Crippen LogP contribution in [-0.4, -0.2) is 29.9 Å². The van der Waals surface area contributed by atoms with Crippen molar-refractivity contribution in [2.45, 2.75) is 20.8 Å². The number of benzene rings is 9. The van der Waals surface area contributed by atoms with E-state index in [0.29, 0.717) is 0 Å². The third kappa shape index (κ3) is 6.35. The molecule has 0 unspecified atom stereocenters. The van der Waals surface area contributed by atoms with Gasteiger partial charge in [0.1, 0.15) is 0 Å². The molecular formula is C51H33IrN6. The van der Waals surface area contributed by atoms with Crippen LogP contribution in [0.3, 0.4) is 0 Å². The fraction of sp³-hybridized carbons (Fsp3) is 0.0588. The summed E-state index contributed by atoms with van der Waals surface area (Å²) in [5, 5.41) is 13.8. The van der Waals surface area contributed by atoms with Crippen molar-refractivity contribution in [2.24, 2.45) is 0 Å². The average Bonchev–Trinajstić information content (AvgIpc) is 3.27. The molecule has 0 saturated heterocycles. The van der Waals surface area contributed by atoms with Crippen molar-refractivity contribution < 1.29 is 20.1 Å². The molecule has 0 N–H and O–H groups in total. The van der Waals surface area contributed by atoms with E-state index in [1.165, 1.54) is 32.3 Å². The summed E-state index contributed by atoms with van der Waals surface area (Å²) in [5.74, 6) is 0. The summed E-state index contributed by atoms with van der Waals surface area (Å²) in [4.78, 5) is 27.7. The zero-order valence-electron chi connectivity index (χ0n) is 31.9. The molecule has 0 aliphatic rings. The maximum atomic E-state index is 4.67. The summed E-state index contributed by atoms with van der Waals surface area (Å²) >= 11 is 0. The molecule has 0 aliphatic heterocycles. The fourth-order valence-corrected chi connectivity index (χ4v) is 7.89. The number of aromatic nitrogens is 6. The Hall–Kier alpha value is -6.79. The zero-order valence-corrected chi connectivity index (χ0v) is 34.3. The molecule has 58 heavy (non-hydrogen) atoms. The van der Waals surface area contributed by atoms with E-state index in [-0.39, 0.29) is 20.1 Å². The molecule has 7 heteroatoms. The van der Waals surface area contributed by atoms with E-state index in [2.05, 4.69) is 121 Å². The van der Waals surface area contributed by atoms with Gasteiger partial charge in [0.25, 0.3) is 0 Å². The van der Waals surface area contributed by atoms with Crippen LogP contribution in [0.25, 0.3) is 97.7 Å². The number of aryl methyl sites for hydroxylation is 3. The van der Waals surface area contributed by atoms with Crippen LogP contribution < -0.4 is 0 Å². The Morgan fingerprint density at radius 3 is 0.862 bits per heavy atom. The topological polar surface area (TPSA) is 77.3 Å². The molecule has 9 aromatic carbocycles. The van der Waals surface area contributed by atoms with Crippen LogP contribution in [0.15, 0.2) is 146 Å². The van der Waals surface area contributed by atoms with Crippen molar-refractivity contribution in [1.29, 1.82) is 0 Å². The van der Waals surface area contributed by atoms with Gasteiger partial charge in [0.15, 0.2) is 0 Å². The Kier molecular flexibility index (Phi) is 9.70. The summed E-state index contributed by atoms with van der Waals surface area (Å²) < 4.78 is 0. The van der Waals surface area contributed by atoms with Crippen LogP contribution in [0, 0.1) is 39.0 Å². The van der Waals surface area contributed by atoms with Crippen molar-refractivity contribution >= 4 is 97.7 Å². The quantitative estimate of drug-likeness (QED) is 0.111. The van der Waals surface area contributed by atoms with Crippen molar-refractivity contribution in [1.82, 2.24) is 29.9 Å². The monoisotopic (exact) mass is 922 g/mol. The van der Waals surface area contributed by atoms with Gasteiger partial charge in [-0.3, -0.25) is 15.0 Å². The van der Waals surface area contributed by atoms with Gasteiger partial charge >= 0.3 is 20.1 Å². The largest absolute Gasteiger partial charge is 3.00 e. The Balaban J connectivity index is 0.000000112. The summed E-state index contributed by atoms with van der Waals surface area (Å²) in [7, 11) is 0. The second-order valence-corrected chi connectivity index (χ2v) is 14.1. The molecule has 3 aromatic heterocycles. The smallest absolute Gasteiger partial charge is 0.301 e. The first kappa shape index (κ1) is 36.8. The van der Waals surface area contributed by atoms with Gasteiger partial charge < -0.3 is 15.0 Å². The second-order valence-electron chi connectivity index (χ2n) is 14.1. The molecule has 6 nitrogen and oxygen atoms in total. The van der Waals surface area contributed by atoms with E-state index in [0.717, 1.165) is 82.5 Å². The Morgan fingerprint density at radius 1 is 0.310 bits per heavy atom. The van der Waals surface area contributed by atoms with Gasteiger partial charge in [-0.2, -0.15) is 0 Å². The molecule has 0 aliphatic carbocycles. The van der Waals surface area contributed by atoms with Crippen LogP contribution in [-0.2, 0) is 20.1 Å². The molecular weight excluding hydrogens is 889 g/mol. The number of rotatable bonds is 0. The normalized spacial score (nSPS) is 11.2. The Morgan fingerprint density at radius 2 is 0.569 bits per heavy atom. The van der Waals surface area contributed by atoms with Crippen LogP contribution >= 0.6 is 0 Å². The molecule has 0 bridgehead atoms. The zero-order chi connectivity index (χ0) is 38.5. The van der Waals surface area contributed by atoms with Crippen molar-refractivity contribution in [3.8, 4) is 0 Å². The van der Waals surface area contributed by atoms with Gasteiger partial charge in [-0.15, -0.1) is 89.0 Å². The number of hydrogen-bond donors (Lipinski definition) is 0. The van der Waals surface area contributed by atoms with Crippen molar-refractivity contribution in [2.75, 3.05) is 0 Å². The first-order valence-corrected chi connectivity index (χ1v) is 18.9. The summed E-state index contributed by atoms with van der Waals surface area (Å²) in [6.07, 6.45) is 5.45. The number of hydrogen-bond acceptors (Lipinski definition) is 6. The van der Waals surface area contributed by atoms with E-state index < -0.39 is 0 Å². The molecule has 0 radical (unpaired) electrons. The van der Waals surface area contributed by atoms with Gasteiger partial charge in [-0.1, -0.05) is 105 Å². The minimum atomic E-state index is 0. The van der Waals surface area contributed by atoms with Gasteiger partial charge in [0.2, 0.25) is 0 Å². The first-order chi connectivity index (χ1) is 28.0. The second kappa shape index (κ2) is 15.3. The van der Waals surface area contributed by atoms with E-state index >= 15 is 0 Å². The van der Waals surface area contributed by atoms with Gasteiger partial charge in [0, 0.05) is 35.1 Å². The van der Waals surface area contributed by atoms with Crippen LogP contribution in [0.4, 0.5) is 0 Å². The van der Waals surface area contributed by atoms with Gasteiger partial charge in [-0.05, 0) is 36.9 Å². The molecule has 0 atom stereocenters. The summed E-state index contributed by atoms with van der Waals surface area (Å²) in [5.41, 5.74) is 8.50. The van der Waals surface area contributed by atoms with E-state index in [1.54, 1.807) is 0 Å². The van der Waals surface area contributed by atoms with E-state index in [9.17, 15) is 0 Å². The molecule has 12 rings (SSSR count). The molecule has 3 heterocycles. The third-order valence-corrected chi connectivity index (χ3v) is 10.4. The predicted molar refractivity (Wildman–Crippen MR) is 234 cm³/mol. The summed E-state index contributed by atoms with van der Waals surface area (Å²) in [6, 6.07) is 53.1. The summed E-state index contributed by atoms with van der Waals surface area (Å²) in [6.45, 7) is 5.92. The SMILES string of the molecule is Cc1cnc2c3[c-]cccc3c3ccccc3c2n1.Cc1cnc2c3[c-]cccc3c3ccccc3c2n1.Cc1cnc2c3[c-]cccc3c3ccccc3c2n1.[Ir+3]. The van der Waals surface area contributed by atoms with E-state index in [1.807, 2.05) is 94.0 Å². The van der Waals surface area contributed by atoms with Crippen molar-refractivity contribution in [3.63, 3.8) is 0 Å². The Bertz CT molecular complexity index is 3050. The molecule has 0 amide bonds. The number of nitrogens with zero attached hydrogens (tertiary/aromatic N) is 6. The molecule has 0 spiro atoms. The maximum Gasteiger partial charge on any atom is 3.00 e. The minimum Gasteiger partial charge on any atom is -0.301 e. The predicted octanol–water partition coefficient (Wildman–Crippen LogP) is 12.1. The standard InChI is InChI=1S/3C17H11N2.Ir/c3*1-11-10-18-16-14-8-4-2-6-12(14)13-7-3-5-9-15(13)17(16)19-11;/h3*2-7,9-10H,1H3;/q3*-1;+3. The van der Waals surface area contributed by atoms with Gasteiger partial charge in [-0.25, -0.2) is 0 Å². The van der Waals surface area contributed by atoms with Crippen LogP contribution in [0.2, 0.25) is 0 Å². The van der Waals surface area contributed by atoms with E-state index in [4.69, 9.17) is 0 Å². The minimum absolute atomic E-state index is 0. The third-order valence-electron chi connectivity index (χ3n) is 10.4. The van der Waals surface area contributed by atoms with Crippen molar-refractivity contribution in [3.05, 3.63) is 181 Å². The Labute approximate surface area is 348 Å². The fourth-order valence-electron chi connectivity index (χ4n) is 7.89. The van der Waals surface area contributed by atoms with Crippen LogP contribution in [0.5, 0.6) is 0 Å². The first-order valence-electron chi connectivity index (χ1n) is 18.9. The molecule has 0 fully saturated rings. The molecule has 12 aromatic rings. The maximum absolute atomic E-state index is 4.67. The van der Waals surface area contributed by atoms with Crippen LogP contribution in [0.1, 0.15) is 17.1 Å². The molecule has 276 valence electrons. The molecule has 0 saturated carbocycles. The average molecular weight is 922 g/mol. The van der Waals surface area contributed by atoms with Gasteiger partial charge in [0.05, 0.1) is 33.6 Å².